The first-order valence-electron chi connectivity index (χ1n) is 7.60. The Hall–Kier alpha value is -2.46. The van der Waals surface area contributed by atoms with E-state index >= 15 is 0 Å². The zero-order chi connectivity index (χ0) is 16.6. The summed E-state index contributed by atoms with van der Waals surface area (Å²) >= 11 is 0. The van der Waals surface area contributed by atoms with Crippen LogP contribution in [0.3, 0.4) is 0 Å². The summed E-state index contributed by atoms with van der Waals surface area (Å²) in [6.07, 6.45) is -0.201. The molecule has 0 fully saturated rings. The van der Waals surface area contributed by atoms with Gasteiger partial charge in [0.1, 0.15) is 5.78 Å². The Morgan fingerprint density at radius 3 is 2.43 bits per heavy atom. The maximum atomic E-state index is 12.8. The van der Waals surface area contributed by atoms with Crippen LogP contribution in [0.15, 0.2) is 48.5 Å². The molecule has 1 aliphatic rings. The number of Topliss-reactive ketones (excluding diaryl/α,β-unsaturated/α-hetero) is 1. The summed E-state index contributed by atoms with van der Waals surface area (Å²) < 4.78 is 0. The highest BCUT2D eigenvalue weighted by Crippen LogP contribution is 2.43. The first kappa shape index (κ1) is 15.4. The topological polar surface area (TPSA) is 57.6 Å². The predicted octanol–water partition coefficient (Wildman–Crippen LogP) is 2.71. The number of hydrogen-bond acceptors (Lipinski definition) is 3. The molecule has 3 rings (SSSR count). The molecule has 2 aromatic carbocycles. The lowest BCUT2D eigenvalue weighted by atomic mass is 9.90. The normalized spacial score (nSPS) is 19.8. The smallest absolute Gasteiger partial charge is 0.264 e. The molecule has 23 heavy (non-hydrogen) atoms. The van der Waals surface area contributed by atoms with Crippen molar-refractivity contribution < 1.29 is 14.7 Å². The molecule has 1 atom stereocenters. The van der Waals surface area contributed by atoms with Gasteiger partial charge in [0.15, 0.2) is 5.60 Å². The van der Waals surface area contributed by atoms with E-state index in [9.17, 15) is 14.7 Å². The monoisotopic (exact) mass is 309 g/mol. The number of fused-ring (bicyclic) bond motifs is 1. The SMILES string of the molecule is CC(=O)C[C@@]1(O)C(=O)N(Cc2ccc(C)cc2)c2ccccc21. The number of anilines is 1. The van der Waals surface area contributed by atoms with E-state index < -0.39 is 11.5 Å². The molecular formula is C19H19NO3. The van der Waals surface area contributed by atoms with E-state index in [2.05, 4.69) is 0 Å². The van der Waals surface area contributed by atoms with Gasteiger partial charge in [-0.1, -0.05) is 48.0 Å². The Morgan fingerprint density at radius 2 is 1.78 bits per heavy atom. The molecule has 0 aliphatic carbocycles. The molecule has 0 aromatic heterocycles. The van der Waals surface area contributed by atoms with Crippen LogP contribution >= 0.6 is 0 Å². The number of carbonyl (C=O) groups excluding carboxylic acids is 2. The molecule has 1 N–H and O–H groups in total. The minimum Gasteiger partial charge on any atom is -0.375 e. The van der Waals surface area contributed by atoms with Gasteiger partial charge in [-0.05, 0) is 25.5 Å². The van der Waals surface area contributed by atoms with Crippen molar-refractivity contribution in [3.8, 4) is 0 Å². The van der Waals surface area contributed by atoms with Gasteiger partial charge >= 0.3 is 0 Å². The third kappa shape index (κ3) is 2.66. The van der Waals surface area contributed by atoms with Gasteiger partial charge in [0.2, 0.25) is 0 Å². The number of hydrogen-bond donors (Lipinski definition) is 1. The average Bonchev–Trinajstić information content (AvgIpc) is 2.71. The highest BCUT2D eigenvalue weighted by molar-refractivity contribution is 6.08. The van der Waals surface area contributed by atoms with Crippen molar-refractivity contribution in [2.45, 2.75) is 32.4 Å². The van der Waals surface area contributed by atoms with E-state index in [0.29, 0.717) is 17.8 Å². The molecule has 118 valence electrons. The number of carbonyl (C=O) groups is 2. The van der Waals surface area contributed by atoms with Crippen LogP contribution in [0.1, 0.15) is 30.0 Å². The van der Waals surface area contributed by atoms with Gasteiger partial charge in [0, 0.05) is 12.0 Å². The van der Waals surface area contributed by atoms with Crippen molar-refractivity contribution in [3.05, 3.63) is 65.2 Å². The van der Waals surface area contributed by atoms with Gasteiger partial charge in [-0.15, -0.1) is 0 Å². The quantitative estimate of drug-likeness (QED) is 0.944. The number of benzene rings is 2. The maximum Gasteiger partial charge on any atom is 0.264 e. The van der Waals surface area contributed by atoms with Crippen molar-refractivity contribution >= 4 is 17.4 Å². The largest absolute Gasteiger partial charge is 0.375 e. The minimum atomic E-state index is -1.76. The Morgan fingerprint density at radius 1 is 1.13 bits per heavy atom. The molecule has 4 nitrogen and oxygen atoms in total. The van der Waals surface area contributed by atoms with E-state index in [1.807, 2.05) is 37.3 Å². The standard InChI is InChI=1S/C19H19NO3/c1-13-7-9-15(10-8-13)12-20-17-6-4-3-5-16(17)19(23,18(20)22)11-14(2)21/h3-10,23H,11-12H2,1-2H3/t19-/m0/s1. The van der Waals surface area contributed by atoms with Crippen molar-refractivity contribution in [1.82, 2.24) is 0 Å². The Bertz CT molecular complexity index is 766. The number of amides is 1. The van der Waals surface area contributed by atoms with Crippen LogP contribution in [0.2, 0.25) is 0 Å². The van der Waals surface area contributed by atoms with Crippen LogP contribution in [0.4, 0.5) is 5.69 Å². The van der Waals surface area contributed by atoms with E-state index in [1.165, 1.54) is 6.92 Å². The molecule has 0 saturated carbocycles. The van der Waals surface area contributed by atoms with Crippen LogP contribution < -0.4 is 4.90 Å². The lowest BCUT2D eigenvalue weighted by molar-refractivity contribution is -0.141. The second-order valence-corrected chi connectivity index (χ2v) is 6.13. The fraction of sp³-hybridized carbons (Fsp3) is 0.263. The van der Waals surface area contributed by atoms with Crippen LogP contribution in [-0.4, -0.2) is 16.8 Å². The third-order valence-electron chi connectivity index (χ3n) is 4.21. The van der Waals surface area contributed by atoms with Crippen molar-refractivity contribution in [1.29, 1.82) is 0 Å². The predicted molar refractivity (Wildman–Crippen MR) is 88.0 cm³/mol. The Balaban J connectivity index is 2.00. The number of rotatable bonds is 4. The third-order valence-corrected chi connectivity index (χ3v) is 4.21. The van der Waals surface area contributed by atoms with Gasteiger partial charge in [-0.2, -0.15) is 0 Å². The lowest BCUT2D eigenvalue weighted by Gasteiger charge is -2.22. The first-order valence-corrected chi connectivity index (χ1v) is 7.60. The molecule has 0 saturated heterocycles. The summed E-state index contributed by atoms with van der Waals surface area (Å²) in [6, 6.07) is 15.0. The number of ketones is 1. The molecule has 0 spiro atoms. The highest BCUT2D eigenvalue weighted by Gasteiger charge is 2.50. The summed E-state index contributed by atoms with van der Waals surface area (Å²) in [5, 5.41) is 10.9. The van der Waals surface area contributed by atoms with E-state index in [1.54, 1.807) is 23.1 Å². The molecule has 1 aliphatic heterocycles. The molecule has 0 unspecified atom stereocenters. The van der Waals surface area contributed by atoms with Gasteiger partial charge in [0.25, 0.3) is 5.91 Å². The van der Waals surface area contributed by atoms with Crippen molar-refractivity contribution in [2.24, 2.45) is 0 Å². The minimum absolute atomic E-state index is 0.201. The van der Waals surface area contributed by atoms with Crippen LogP contribution in [0.5, 0.6) is 0 Å². The number of aryl methyl sites for hydroxylation is 1. The molecule has 1 amide bonds. The molecule has 4 heteroatoms. The Labute approximate surface area is 135 Å². The Kier molecular flexibility index (Phi) is 3.78. The first-order chi connectivity index (χ1) is 10.9. The molecular weight excluding hydrogens is 290 g/mol. The van der Waals surface area contributed by atoms with Gasteiger partial charge in [-0.25, -0.2) is 0 Å². The highest BCUT2D eigenvalue weighted by atomic mass is 16.3. The van der Waals surface area contributed by atoms with E-state index in [-0.39, 0.29) is 12.2 Å². The van der Waals surface area contributed by atoms with Crippen LogP contribution in [0.25, 0.3) is 0 Å². The molecule has 2 aromatic rings. The number of para-hydroxylation sites is 1. The fourth-order valence-electron chi connectivity index (χ4n) is 3.07. The van der Waals surface area contributed by atoms with Crippen molar-refractivity contribution in [3.63, 3.8) is 0 Å². The van der Waals surface area contributed by atoms with Gasteiger partial charge < -0.3 is 10.0 Å². The van der Waals surface area contributed by atoms with Crippen molar-refractivity contribution in [2.75, 3.05) is 4.90 Å². The molecule has 0 bridgehead atoms. The van der Waals surface area contributed by atoms with E-state index in [4.69, 9.17) is 0 Å². The van der Waals surface area contributed by atoms with E-state index in [0.717, 1.165) is 11.1 Å². The average molecular weight is 309 g/mol. The summed E-state index contributed by atoms with van der Waals surface area (Å²) in [5.74, 6) is -0.651. The number of aliphatic hydroxyl groups is 1. The van der Waals surface area contributed by atoms with Crippen LogP contribution in [0, 0.1) is 6.92 Å². The van der Waals surface area contributed by atoms with Gasteiger partial charge in [0.05, 0.1) is 12.2 Å². The zero-order valence-electron chi connectivity index (χ0n) is 13.2. The van der Waals surface area contributed by atoms with Gasteiger partial charge in [-0.3, -0.25) is 9.59 Å². The summed E-state index contributed by atoms with van der Waals surface area (Å²) in [6.45, 7) is 3.76. The molecule has 1 heterocycles. The lowest BCUT2D eigenvalue weighted by Crippen LogP contribution is -2.41. The molecule has 0 radical (unpaired) electrons. The summed E-state index contributed by atoms with van der Waals surface area (Å²) in [4.78, 5) is 25.9. The summed E-state index contributed by atoms with van der Waals surface area (Å²) in [7, 11) is 0. The second-order valence-electron chi connectivity index (χ2n) is 6.13. The van der Waals surface area contributed by atoms with Crippen LogP contribution in [-0.2, 0) is 21.7 Å². The maximum absolute atomic E-state index is 12.8. The fourth-order valence-corrected chi connectivity index (χ4v) is 3.07. The zero-order valence-corrected chi connectivity index (χ0v) is 13.2. The summed E-state index contributed by atoms with van der Waals surface area (Å²) in [5.41, 5.74) is 1.54. The second kappa shape index (κ2) is 5.63. The number of nitrogens with zero attached hydrogens (tertiary/aromatic N) is 1.